The first kappa shape index (κ1) is 12.6. The Morgan fingerprint density at radius 1 is 1.35 bits per heavy atom. The van der Waals surface area contributed by atoms with Gasteiger partial charge in [-0.05, 0) is 36.9 Å². The molecule has 1 aromatic carbocycles. The van der Waals surface area contributed by atoms with Gasteiger partial charge in [0, 0.05) is 6.04 Å². The van der Waals surface area contributed by atoms with Crippen molar-refractivity contribution >= 4 is 0 Å². The minimum Gasteiger partial charge on any atom is -0.373 e. The lowest BCUT2D eigenvalue weighted by atomic mass is 9.90. The van der Waals surface area contributed by atoms with Gasteiger partial charge in [0.05, 0.1) is 12.7 Å². The van der Waals surface area contributed by atoms with Crippen molar-refractivity contribution in [2.45, 2.75) is 38.8 Å². The number of hydrogen-bond acceptors (Lipinski definition) is 2. The molecule has 94 valence electrons. The highest BCUT2D eigenvalue weighted by molar-refractivity contribution is 5.31. The summed E-state index contributed by atoms with van der Waals surface area (Å²) in [7, 11) is 2.04. The van der Waals surface area contributed by atoms with Gasteiger partial charge in [-0.2, -0.15) is 0 Å². The number of benzene rings is 1. The second-order valence-corrected chi connectivity index (χ2v) is 5.18. The van der Waals surface area contributed by atoms with E-state index in [0.29, 0.717) is 12.0 Å². The highest BCUT2D eigenvalue weighted by atomic mass is 16.5. The average molecular weight is 233 g/mol. The molecule has 0 spiro atoms. The van der Waals surface area contributed by atoms with E-state index >= 15 is 0 Å². The Bertz CT molecular complexity index is 362. The third-order valence-electron chi connectivity index (χ3n) is 3.74. The molecule has 17 heavy (non-hydrogen) atoms. The maximum atomic E-state index is 5.95. The number of rotatable bonds is 4. The zero-order valence-electron chi connectivity index (χ0n) is 11.1. The van der Waals surface area contributed by atoms with E-state index in [-0.39, 0.29) is 6.10 Å². The molecule has 1 aliphatic rings. The molecule has 2 nitrogen and oxygen atoms in total. The van der Waals surface area contributed by atoms with E-state index in [1.165, 1.54) is 11.1 Å². The van der Waals surface area contributed by atoms with Gasteiger partial charge in [-0.1, -0.05) is 38.1 Å². The second kappa shape index (κ2) is 5.65. The maximum Gasteiger partial charge on any atom is 0.0842 e. The molecule has 0 aliphatic carbocycles. The van der Waals surface area contributed by atoms with E-state index in [1.54, 1.807) is 0 Å². The molecule has 2 rings (SSSR count). The summed E-state index contributed by atoms with van der Waals surface area (Å²) in [6, 6.07) is 9.20. The van der Waals surface area contributed by atoms with E-state index < -0.39 is 0 Å². The molecule has 2 atom stereocenters. The zero-order valence-corrected chi connectivity index (χ0v) is 11.1. The van der Waals surface area contributed by atoms with E-state index in [1.807, 2.05) is 7.05 Å². The number of nitrogens with one attached hydrogen (secondary N) is 1. The Hall–Kier alpha value is -0.860. The molecule has 0 saturated carbocycles. The largest absolute Gasteiger partial charge is 0.373 e. The Morgan fingerprint density at radius 2 is 2.12 bits per heavy atom. The van der Waals surface area contributed by atoms with E-state index in [9.17, 15) is 0 Å². The third-order valence-corrected chi connectivity index (χ3v) is 3.74. The third kappa shape index (κ3) is 2.88. The topological polar surface area (TPSA) is 21.3 Å². The summed E-state index contributed by atoms with van der Waals surface area (Å²) in [5.41, 5.74) is 2.85. The Morgan fingerprint density at radius 3 is 2.82 bits per heavy atom. The van der Waals surface area contributed by atoms with Gasteiger partial charge < -0.3 is 10.1 Å². The summed E-state index contributed by atoms with van der Waals surface area (Å²) < 4.78 is 5.95. The summed E-state index contributed by atoms with van der Waals surface area (Å²) in [4.78, 5) is 0. The molecule has 2 unspecified atom stereocenters. The standard InChI is InChI=1S/C15H23NO/c1-11(2)14(16-3)10-15-13-7-5-4-6-12(13)8-9-17-15/h4-7,11,14-16H,8-10H2,1-3H3. The van der Waals surface area contributed by atoms with Crippen molar-refractivity contribution in [1.29, 1.82) is 0 Å². The van der Waals surface area contributed by atoms with Crippen LogP contribution in [0, 0.1) is 5.92 Å². The van der Waals surface area contributed by atoms with Crippen molar-refractivity contribution in [3.63, 3.8) is 0 Å². The number of ether oxygens (including phenoxy) is 1. The van der Waals surface area contributed by atoms with Gasteiger partial charge in [0.15, 0.2) is 0 Å². The van der Waals surface area contributed by atoms with Crippen LogP contribution in [0.4, 0.5) is 0 Å². The minimum atomic E-state index is 0.264. The normalized spacial score (nSPS) is 21.3. The van der Waals surface area contributed by atoms with Gasteiger partial charge in [-0.15, -0.1) is 0 Å². The number of hydrogen-bond donors (Lipinski definition) is 1. The SMILES string of the molecule is CNC(CC1OCCc2ccccc21)C(C)C. The van der Waals surface area contributed by atoms with E-state index in [2.05, 4.69) is 43.4 Å². The highest BCUT2D eigenvalue weighted by Gasteiger charge is 2.24. The summed E-state index contributed by atoms with van der Waals surface area (Å²) in [6.07, 6.45) is 2.38. The van der Waals surface area contributed by atoms with Gasteiger partial charge >= 0.3 is 0 Å². The van der Waals surface area contributed by atoms with Gasteiger partial charge in [-0.25, -0.2) is 0 Å². The predicted octanol–water partition coefficient (Wildman–Crippen LogP) is 2.93. The molecule has 2 heteroatoms. The van der Waals surface area contributed by atoms with Crippen molar-refractivity contribution < 1.29 is 4.74 Å². The van der Waals surface area contributed by atoms with Crippen LogP contribution in [-0.4, -0.2) is 19.7 Å². The number of fused-ring (bicyclic) bond motifs is 1. The first-order valence-corrected chi connectivity index (χ1v) is 6.59. The first-order chi connectivity index (χ1) is 8.22. The minimum absolute atomic E-state index is 0.264. The van der Waals surface area contributed by atoms with Crippen LogP contribution in [0.25, 0.3) is 0 Å². The van der Waals surface area contributed by atoms with Gasteiger partial charge in [0.25, 0.3) is 0 Å². The fourth-order valence-electron chi connectivity index (χ4n) is 2.63. The lowest BCUT2D eigenvalue weighted by Crippen LogP contribution is -2.34. The van der Waals surface area contributed by atoms with Crippen molar-refractivity contribution in [2.75, 3.05) is 13.7 Å². The van der Waals surface area contributed by atoms with Crippen molar-refractivity contribution in [1.82, 2.24) is 5.32 Å². The van der Waals surface area contributed by atoms with Crippen molar-refractivity contribution in [3.05, 3.63) is 35.4 Å². The smallest absolute Gasteiger partial charge is 0.0842 e. The maximum absolute atomic E-state index is 5.95. The second-order valence-electron chi connectivity index (χ2n) is 5.18. The fourth-order valence-corrected chi connectivity index (χ4v) is 2.63. The van der Waals surface area contributed by atoms with Gasteiger partial charge in [-0.3, -0.25) is 0 Å². The molecule has 1 aromatic rings. The van der Waals surface area contributed by atoms with Crippen molar-refractivity contribution in [2.24, 2.45) is 5.92 Å². The predicted molar refractivity (Wildman–Crippen MR) is 71.1 cm³/mol. The molecule has 0 saturated heterocycles. The molecule has 0 bridgehead atoms. The molecule has 0 radical (unpaired) electrons. The Labute approximate surface area is 104 Å². The molecule has 0 amide bonds. The van der Waals surface area contributed by atoms with Crippen LogP contribution in [0.2, 0.25) is 0 Å². The van der Waals surface area contributed by atoms with Crippen LogP contribution in [-0.2, 0) is 11.2 Å². The Balaban J connectivity index is 2.13. The lowest BCUT2D eigenvalue weighted by molar-refractivity contribution is 0.0265. The highest BCUT2D eigenvalue weighted by Crippen LogP contribution is 2.31. The molecule has 1 aliphatic heterocycles. The molecular weight excluding hydrogens is 210 g/mol. The summed E-state index contributed by atoms with van der Waals surface area (Å²) in [5.74, 6) is 0.637. The molecule has 0 aromatic heterocycles. The van der Waals surface area contributed by atoms with Crippen molar-refractivity contribution in [3.8, 4) is 0 Å². The van der Waals surface area contributed by atoms with Crippen LogP contribution in [0.3, 0.4) is 0 Å². The van der Waals surface area contributed by atoms with E-state index in [4.69, 9.17) is 4.74 Å². The first-order valence-electron chi connectivity index (χ1n) is 6.59. The van der Waals surface area contributed by atoms with Crippen LogP contribution in [0.1, 0.15) is 37.5 Å². The van der Waals surface area contributed by atoms with Crippen LogP contribution in [0.15, 0.2) is 24.3 Å². The summed E-state index contributed by atoms with van der Waals surface area (Å²) >= 11 is 0. The zero-order chi connectivity index (χ0) is 12.3. The quantitative estimate of drug-likeness (QED) is 0.863. The van der Waals surface area contributed by atoms with Gasteiger partial charge in [0.1, 0.15) is 0 Å². The molecule has 0 fully saturated rings. The Kier molecular flexibility index (Phi) is 4.19. The molecule has 1 N–H and O–H groups in total. The van der Waals surface area contributed by atoms with E-state index in [0.717, 1.165) is 19.4 Å². The van der Waals surface area contributed by atoms with Crippen LogP contribution in [0.5, 0.6) is 0 Å². The average Bonchev–Trinajstić information content (AvgIpc) is 2.35. The van der Waals surface area contributed by atoms with Gasteiger partial charge in [0.2, 0.25) is 0 Å². The summed E-state index contributed by atoms with van der Waals surface area (Å²) in [5, 5.41) is 3.40. The van der Waals surface area contributed by atoms with Crippen LogP contribution >= 0.6 is 0 Å². The van der Waals surface area contributed by atoms with Crippen LogP contribution < -0.4 is 5.32 Å². The lowest BCUT2D eigenvalue weighted by Gasteiger charge is -2.30. The molecule has 1 heterocycles. The fraction of sp³-hybridized carbons (Fsp3) is 0.600. The summed E-state index contributed by atoms with van der Waals surface area (Å²) in [6.45, 7) is 5.38. The molecular formula is C15H23NO. The monoisotopic (exact) mass is 233 g/mol.